The van der Waals surface area contributed by atoms with Gasteiger partial charge in [-0.15, -0.1) is 0 Å². The van der Waals surface area contributed by atoms with Gasteiger partial charge in [0.05, 0.1) is 18.6 Å². The number of Topliss-reactive ketones (excluding diaryl/α,β-unsaturated/α-hetero) is 2. The van der Waals surface area contributed by atoms with E-state index in [4.69, 9.17) is 5.11 Å². The number of hydrogen-bond acceptors (Lipinski definition) is 5. The van der Waals surface area contributed by atoms with Gasteiger partial charge in [-0.2, -0.15) is 0 Å². The highest BCUT2D eigenvalue weighted by Gasteiger charge is 2.18. The Morgan fingerprint density at radius 1 is 0.633 bits per heavy atom. The molecule has 0 aromatic carbocycles. The number of rotatable bonds is 21. The summed E-state index contributed by atoms with van der Waals surface area (Å²) in [7, 11) is 0. The minimum absolute atomic E-state index is 0.00227. The highest BCUT2D eigenvalue weighted by Crippen LogP contribution is 2.15. The summed E-state index contributed by atoms with van der Waals surface area (Å²) >= 11 is 0. The van der Waals surface area contributed by atoms with Gasteiger partial charge in [-0.3, -0.25) is 9.59 Å². The molecule has 0 fully saturated rings. The maximum absolute atomic E-state index is 11.4. The van der Waals surface area contributed by atoms with Crippen LogP contribution in [0.3, 0.4) is 0 Å². The van der Waals surface area contributed by atoms with E-state index in [0.717, 1.165) is 44.9 Å². The molecule has 0 aliphatic carbocycles. The molecule has 0 radical (unpaired) electrons. The average Bonchev–Trinajstić information content (AvgIpc) is 2.71. The van der Waals surface area contributed by atoms with E-state index in [1.54, 1.807) is 0 Å². The predicted molar refractivity (Wildman–Crippen MR) is 122 cm³/mol. The van der Waals surface area contributed by atoms with E-state index >= 15 is 0 Å². The largest absolute Gasteiger partial charge is 0.394 e. The van der Waals surface area contributed by atoms with Crippen molar-refractivity contribution in [1.29, 1.82) is 0 Å². The molecule has 176 valence electrons. The fourth-order valence-corrected chi connectivity index (χ4v) is 3.71. The number of ketones is 2. The SMILES string of the molecule is CC(=O)C(CCCCCCCC=CCCCCCCCCC(O)C(O)CO)C(C)=O. The Kier molecular flexibility index (Phi) is 19.2. The fourth-order valence-electron chi connectivity index (χ4n) is 3.71. The van der Waals surface area contributed by atoms with Crippen molar-refractivity contribution in [3.63, 3.8) is 0 Å². The highest BCUT2D eigenvalue weighted by molar-refractivity contribution is 6.00. The summed E-state index contributed by atoms with van der Waals surface area (Å²) in [4.78, 5) is 22.8. The number of hydrogen-bond donors (Lipinski definition) is 3. The average molecular weight is 427 g/mol. The van der Waals surface area contributed by atoms with Gasteiger partial charge in [0.1, 0.15) is 17.7 Å². The lowest BCUT2D eigenvalue weighted by Gasteiger charge is -2.14. The molecule has 0 aromatic heterocycles. The van der Waals surface area contributed by atoms with Crippen LogP contribution in [-0.4, -0.2) is 45.7 Å². The summed E-state index contributed by atoms with van der Waals surface area (Å²) in [5.74, 6) is -0.378. The Morgan fingerprint density at radius 2 is 1.03 bits per heavy atom. The molecule has 3 N–H and O–H groups in total. The normalized spacial score (nSPS) is 13.8. The highest BCUT2D eigenvalue weighted by atomic mass is 16.4. The quantitative estimate of drug-likeness (QED) is 0.138. The number of allylic oxidation sites excluding steroid dienone is 2. The van der Waals surface area contributed by atoms with Gasteiger partial charge in [-0.25, -0.2) is 0 Å². The zero-order chi connectivity index (χ0) is 22.6. The fraction of sp³-hybridized carbons (Fsp3) is 0.840. The monoisotopic (exact) mass is 426 g/mol. The smallest absolute Gasteiger partial charge is 0.140 e. The Hall–Kier alpha value is -1.04. The summed E-state index contributed by atoms with van der Waals surface area (Å²) in [6.07, 6.45) is 18.7. The van der Waals surface area contributed by atoms with Crippen LogP contribution in [0.1, 0.15) is 110 Å². The first-order valence-corrected chi connectivity index (χ1v) is 12.0. The van der Waals surface area contributed by atoms with Crippen molar-refractivity contribution < 1.29 is 24.9 Å². The van der Waals surface area contributed by atoms with E-state index in [2.05, 4.69) is 12.2 Å². The Balaban J connectivity index is 3.37. The molecule has 0 saturated heterocycles. The molecule has 0 amide bonds. The second-order valence-corrected chi connectivity index (χ2v) is 8.61. The van der Waals surface area contributed by atoms with Crippen LogP contribution >= 0.6 is 0 Å². The van der Waals surface area contributed by atoms with Gasteiger partial charge in [-0.05, 0) is 52.4 Å². The molecule has 0 aliphatic heterocycles. The predicted octanol–water partition coefficient (Wildman–Crippen LogP) is 4.90. The summed E-state index contributed by atoms with van der Waals surface area (Å²) in [5, 5.41) is 27.6. The van der Waals surface area contributed by atoms with Crippen molar-refractivity contribution in [2.45, 2.75) is 122 Å². The van der Waals surface area contributed by atoms with Crippen molar-refractivity contribution >= 4 is 11.6 Å². The maximum atomic E-state index is 11.4. The van der Waals surface area contributed by atoms with Crippen molar-refractivity contribution in [3.8, 4) is 0 Å². The Labute approximate surface area is 184 Å². The van der Waals surface area contributed by atoms with Gasteiger partial charge in [0.25, 0.3) is 0 Å². The van der Waals surface area contributed by atoms with Crippen LogP contribution in [0, 0.1) is 5.92 Å². The molecule has 0 bridgehead atoms. The molecule has 0 saturated carbocycles. The van der Waals surface area contributed by atoms with Gasteiger partial charge < -0.3 is 15.3 Å². The molecule has 0 heterocycles. The lowest BCUT2D eigenvalue weighted by molar-refractivity contribution is -0.130. The number of unbranched alkanes of at least 4 members (excludes halogenated alkanes) is 11. The minimum Gasteiger partial charge on any atom is -0.394 e. The van der Waals surface area contributed by atoms with E-state index in [-0.39, 0.29) is 24.1 Å². The number of aliphatic hydroxyl groups excluding tert-OH is 3. The zero-order valence-corrected chi connectivity index (χ0v) is 19.4. The van der Waals surface area contributed by atoms with E-state index in [1.807, 2.05) is 0 Å². The molecule has 5 nitrogen and oxygen atoms in total. The Morgan fingerprint density at radius 3 is 1.47 bits per heavy atom. The number of carbonyl (C=O) groups excluding carboxylic acids is 2. The van der Waals surface area contributed by atoms with Gasteiger partial charge >= 0.3 is 0 Å². The van der Waals surface area contributed by atoms with Crippen LogP contribution < -0.4 is 0 Å². The summed E-state index contributed by atoms with van der Waals surface area (Å²) in [6, 6.07) is 0. The lowest BCUT2D eigenvalue weighted by atomic mass is 9.93. The third-order valence-electron chi connectivity index (χ3n) is 5.76. The second-order valence-electron chi connectivity index (χ2n) is 8.61. The molecule has 0 aliphatic rings. The third kappa shape index (κ3) is 16.7. The van der Waals surface area contributed by atoms with Crippen LogP contribution in [0.4, 0.5) is 0 Å². The van der Waals surface area contributed by atoms with Crippen molar-refractivity contribution in [2.24, 2.45) is 5.92 Å². The van der Waals surface area contributed by atoms with Gasteiger partial charge in [0.15, 0.2) is 0 Å². The van der Waals surface area contributed by atoms with Gasteiger partial charge in [0.2, 0.25) is 0 Å². The molecule has 2 unspecified atom stereocenters. The van der Waals surface area contributed by atoms with Gasteiger partial charge in [-0.1, -0.05) is 69.9 Å². The summed E-state index contributed by atoms with van der Waals surface area (Å²) in [6.45, 7) is 2.65. The molecule has 30 heavy (non-hydrogen) atoms. The summed E-state index contributed by atoms with van der Waals surface area (Å²) < 4.78 is 0. The van der Waals surface area contributed by atoms with Gasteiger partial charge in [0, 0.05) is 0 Å². The molecule has 5 heteroatoms. The van der Waals surface area contributed by atoms with Crippen LogP contribution in [0.25, 0.3) is 0 Å². The van der Waals surface area contributed by atoms with Crippen molar-refractivity contribution in [1.82, 2.24) is 0 Å². The standard InChI is InChI=1S/C25H46O5/c1-21(27)23(22(2)28)18-16-14-12-10-8-6-4-3-5-7-9-11-13-15-17-19-24(29)25(30)20-26/h3-4,23-26,29-30H,5-20H2,1-2H3. The van der Waals surface area contributed by atoms with E-state index in [0.29, 0.717) is 12.8 Å². The van der Waals surface area contributed by atoms with E-state index in [1.165, 1.54) is 52.4 Å². The van der Waals surface area contributed by atoms with Crippen LogP contribution in [0.15, 0.2) is 12.2 Å². The molecule has 0 rings (SSSR count). The first kappa shape index (κ1) is 29.0. The van der Waals surface area contributed by atoms with Crippen molar-refractivity contribution in [2.75, 3.05) is 6.61 Å². The molecule has 0 spiro atoms. The molecule has 0 aromatic rings. The molecular weight excluding hydrogens is 380 g/mol. The minimum atomic E-state index is -1.00. The van der Waals surface area contributed by atoms with Crippen LogP contribution in [-0.2, 0) is 9.59 Å². The van der Waals surface area contributed by atoms with E-state index in [9.17, 15) is 19.8 Å². The van der Waals surface area contributed by atoms with Crippen LogP contribution in [0.2, 0.25) is 0 Å². The van der Waals surface area contributed by atoms with Crippen molar-refractivity contribution in [3.05, 3.63) is 12.2 Å². The number of aliphatic hydroxyl groups is 3. The van der Waals surface area contributed by atoms with Crippen LogP contribution in [0.5, 0.6) is 0 Å². The van der Waals surface area contributed by atoms with E-state index < -0.39 is 12.2 Å². The molecule has 2 atom stereocenters. The molecular formula is C25H46O5. The Bertz CT molecular complexity index is 446. The third-order valence-corrected chi connectivity index (χ3v) is 5.76. The topological polar surface area (TPSA) is 94.8 Å². The second kappa shape index (κ2) is 19.9. The lowest BCUT2D eigenvalue weighted by Crippen LogP contribution is -2.28. The summed E-state index contributed by atoms with van der Waals surface area (Å²) in [5.41, 5.74) is 0. The first-order chi connectivity index (χ1) is 14.4. The first-order valence-electron chi connectivity index (χ1n) is 12.0. The number of carbonyl (C=O) groups is 2. The zero-order valence-electron chi connectivity index (χ0n) is 19.4. The maximum Gasteiger partial charge on any atom is 0.140 e.